The normalized spacial score (nSPS) is 41.7. The molecule has 4 atom stereocenters. The van der Waals surface area contributed by atoms with Crippen LogP contribution in [0.3, 0.4) is 0 Å². The van der Waals surface area contributed by atoms with Crippen molar-refractivity contribution in [1.29, 1.82) is 0 Å². The summed E-state index contributed by atoms with van der Waals surface area (Å²) in [6.45, 7) is 0.863. The molecule has 3 N–H and O–H groups in total. The van der Waals surface area contributed by atoms with Gasteiger partial charge in [0.1, 0.15) is 24.4 Å². The van der Waals surface area contributed by atoms with Crippen LogP contribution in [0.2, 0.25) is 0 Å². The smallest absolute Gasteiger partial charge is 0.161 e. The van der Waals surface area contributed by atoms with Crippen molar-refractivity contribution in [2.24, 2.45) is 0 Å². The predicted octanol–water partition coefficient (Wildman–Crippen LogP) is -1.94. The molecule has 0 aromatic carbocycles. The molecule has 0 aliphatic carbocycles. The lowest BCUT2D eigenvalue weighted by Gasteiger charge is -2.10. The Hall–Kier alpha value is -0.490. The molecule has 0 radical (unpaired) electrons. The molecule has 0 bridgehead atoms. The molecule has 0 saturated carbocycles. The molecule has 0 aromatic heterocycles. The summed E-state index contributed by atoms with van der Waals surface area (Å²) in [7, 11) is 0. The van der Waals surface area contributed by atoms with Gasteiger partial charge in [0.15, 0.2) is 5.78 Å². The molecular formula is C7H12O5. The zero-order valence-corrected chi connectivity index (χ0v) is 6.67. The Morgan fingerprint density at radius 3 is 2.25 bits per heavy atom. The van der Waals surface area contributed by atoms with Gasteiger partial charge >= 0.3 is 0 Å². The first-order valence-corrected chi connectivity index (χ1v) is 3.71. The van der Waals surface area contributed by atoms with Crippen molar-refractivity contribution in [2.75, 3.05) is 6.61 Å². The van der Waals surface area contributed by atoms with Gasteiger partial charge in [0, 0.05) is 0 Å². The van der Waals surface area contributed by atoms with Gasteiger partial charge in [-0.15, -0.1) is 0 Å². The van der Waals surface area contributed by atoms with Crippen LogP contribution in [0.25, 0.3) is 0 Å². The molecule has 1 heterocycles. The zero-order valence-electron chi connectivity index (χ0n) is 6.67. The molecule has 1 unspecified atom stereocenters. The van der Waals surface area contributed by atoms with Gasteiger partial charge in [0.25, 0.3) is 0 Å². The Balaban J connectivity index is 2.66. The van der Waals surface area contributed by atoms with Gasteiger partial charge in [0.2, 0.25) is 0 Å². The van der Waals surface area contributed by atoms with Gasteiger partial charge in [-0.2, -0.15) is 0 Å². The summed E-state index contributed by atoms with van der Waals surface area (Å²) in [6, 6.07) is 0. The summed E-state index contributed by atoms with van der Waals surface area (Å²) >= 11 is 0. The fourth-order valence-electron chi connectivity index (χ4n) is 1.24. The van der Waals surface area contributed by atoms with E-state index in [0.29, 0.717) is 0 Å². The van der Waals surface area contributed by atoms with E-state index in [9.17, 15) is 15.0 Å². The monoisotopic (exact) mass is 176 g/mol. The number of ether oxygens (including phenoxy) is 1. The summed E-state index contributed by atoms with van der Waals surface area (Å²) in [5.74, 6) is -0.350. The summed E-state index contributed by atoms with van der Waals surface area (Å²) < 4.78 is 4.90. The van der Waals surface area contributed by atoms with E-state index in [1.807, 2.05) is 0 Å². The van der Waals surface area contributed by atoms with Crippen molar-refractivity contribution in [3.63, 3.8) is 0 Å². The molecular weight excluding hydrogens is 164 g/mol. The first-order chi connectivity index (χ1) is 5.57. The molecule has 5 nitrogen and oxygen atoms in total. The van der Waals surface area contributed by atoms with Crippen LogP contribution >= 0.6 is 0 Å². The molecule has 70 valence electrons. The van der Waals surface area contributed by atoms with Gasteiger partial charge in [0.05, 0.1) is 6.61 Å². The van der Waals surface area contributed by atoms with Crippen molar-refractivity contribution in [1.82, 2.24) is 0 Å². The van der Waals surface area contributed by atoms with E-state index in [1.54, 1.807) is 0 Å². The van der Waals surface area contributed by atoms with Crippen molar-refractivity contribution in [3.8, 4) is 0 Å². The number of hydrogen-bond donors (Lipinski definition) is 3. The molecule has 0 amide bonds. The number of carbonyl (C=O) groups excluding carboxylic acids is 1. The second kappa shape index (κ2) is 3.49. The maximum atomic E-state index is 10.8. The highest BCUT2D eigenvalue weighted by Gasteiger charge is 2.44. The highest BCUT2D eigenvalue weighted by molar-refractivity contribution is 5.81. The van der Waals surface area contributed by atoms with Gasteiger partial charge in [-0.1, -0.05) is 0 Å². The molecule has 0 aromatic rings. The average molecular weight is 176 g/mol. The molecule has 1 fully saturated rings. The summed E-state index contributed by atoms with van der Waals surface area (Å²) in [5, 5.41) is 27.1. The van der Waals surface area contributed by atoms with E-state index in [-0.39, 0.29) is 5.78 Å². The van der Waals surface area contributed by atoms with Crippen LogP contribution in [0.1, 0.15) is 6.92 Å². The molecule has 1 rings (SSSR count). The largest absolute Gasteiger partial charge is 0.394 e. The number of Topliss-reactive ketones (excluding diaryl/α,β-unsaturated/α-hetero) is 1. The summed E-state index contributed by atoms with van der Waals surface area (Å²) in [6.07, 6.45) is -4.26. The highest BCUT2D eigenvalue weighted by Crippen LogP contribution is 2.21. The molecule has 1 aliphatic rings. The first-order valence-electron chi connectivity index (χ1n) is 3.71. The van der Waals surface area contributed by atoms with Crippen LogP contribution in [-0.2, 0) is 9.53 Å². The summed E-state index contributed by atoms with van der Waals surface area (Å²) in [5.41, 5.74) is 0. The highest BCUT2D eigenvalue weighted by atomic mass is 16.6. The Morgan fingerprint density at radius 2 is 2.00 bits per heavy atom. The third-order valence-corrected chi connectivity index (χ3v) is 1.94. The van der Waals surface area contributed by atoms with Crippen LogP contribution < -0.4 is 0 Å². The Kier molecular flexibility index (Phi) is 2.79. The molecule has 1 aliphatic heterocycles. The molecule has 0 spiro atoms. The Morgan fingerprint density at radius 1 is 1.42 bits per heavy atom. The number of carbonyl (C=O) groups is 1. The third-order valence-electron chi connectivity index (χ3n) is 1.94. The summed E-state index contributed by atoms with van der Waals surface area (Å²) in [4.78, 5) is 10.8. The fourth-order valence-corrected chi connectivity index (χ4v) is 1.24. The van der Waals surface area contributed by atoms with Crippen LogP contribution in [-0.4, -0.2) is 52.1 Å². The van der Waals surface area contributed by atoms with E-state index in [4.69, 9.17) is 9.84 Å². The second-order valence-corrected chi connectivity index (χ2v) is 2.87. The van der Waals surface area contributed by atoms with E-state index in [0.717, 1.165) is 0 Å². The maximum absolute atomic E-state index is 10.8. The van der Waals surface area contributed by atoms with Gasteiger partial charge in [-0.25, -0.2) is 0 Å². The SMILES string of the molecule is CC(=O)C1O[C@H](CO)[C@@H](O)[C@H]1O. The zero-order chi connectivity index (χ0) is 9.30. The minimum Gasteiger partial charge on any atom is -0.394 e. The second-order valence-electron chi connectivity index (χ2n) is 2.87. The Bertz CT molecular complexity index is 181. The standard InChI is InChI=1S/C7H12O5/c1-3(9)7-6(11)5(10)4(2-8)12-7/h4-8,10-11H,2H2,1H3/t4-,5-,6-,7?/m1/s1. The van der Waals surface area contributed by atoms with Crippen molar-refractivity contribution < 1.29 is 24.9 Å². The van der Waals surface area contributed by atoms with Crippen LogP contribution in [0, 0.1) is 0 Å². The minimum atomic E-state index is -1.22. The van der Waals surface area contributed by atoms with Crippen LogP contribution in [0.15, 0.2) is 0 Å². The maximum Gasteiger partial charge on any atom is 0.161 e. The number of hydrogen-bond acceptors (Lipinski definition) is 5. The van der Waals surface area contributed by atoms with Crippen molar-refractivity contribution >= 4 is 5.78 Å². The molecule has 12 heavy (non-hydrogen) atoms. The lowest BCUT2D eigenvalue weighted by atomic mass is 10.1. The number of aliphatic hydroxyl groups excluding tert-OH is 3. The van der Waals surface area contributed by atoms with Crippen LogP contribution in [0.5, 0.6) is 0 Å². The number of rotatable bonds is 2. The lowest BCUT2D eigenvalue weighted by Crippen LogP contribution is -2.35. The topological polar surface area (TPSA) is 87.0 Å². The van der Waals surface area contributed by atoms with Crippen LogP contribution in [0.4, 0.5) is 0 Å². The van der Waals surface area contributed by atoms with E-state index < -0.39 is 31.0 Å². The molecule has 5 heteroatoms. The average Bonchev–Trinajstić information content (AvgIpc) is 2.30. The van der Waals surface area contributed by atoms with E-state index in [2.05, 4.69) is 0 Å². The van der Waals surface area contributed by atoms with Crippen molar-refractivity contribution in [2.45, 2.75) is 31.3 Å². The quantitative estimate of drug-likeness (QED) is 0.455. The van der Waals surface area contributed by atoms with Gasteiger partial charge < -0.3 is 20.1 Å². The first kappa shape index (κ1) is 9.60. The lowest BCUT2D eigenvalue weighted by molar-refractivity contribution is -0.131. The number of aliphatic hydroxyl groups is 3. The molecule has 1 saturated heterocycles. The van der Waals surface area contributed by atoms with Crippen molar-refractivity contribution in [3.05, 3.63) is 0 Å². The van der Waals surface area contributed by atoms with Gasteiger partial charge in [-0.3, -0.25) is 4.79 Å². The van der Waals surface area contributed by atoms with E-state index in [1.165, 1.54) is 6.92 Å². The minimum absolute atomic E-state index is 0.350. The fraction of sp³-hybridized carbons (Fsp3) is 0.857. The van der Waals surface area contributed by atoms with E-state index >= 15 is 0 Å². The number of ketones is 1. The predicted molar refractivity (Wildman–Crippen MR) is 38.4 cm³/mol. The third kappa shape index (κ3) is 1.49. The Labute approximate surface area is 69.6 Å². The van der Waals surface area contributed by atoms with Gasteiger partial charge in [-0.05, 0) is 6.92 Å².